The van der Waals surface area contributed by atoms with Crippen molar-refractivity contribution >= 4 is 0 Å². The summed E-state index contributed by atoms with van der Waals surface area (Å²) in [5, 5.41) is 6.87. The minimum Gasteiger partial charge on any atom is -0.317 e. The van der Waals surface area contributed by atoms with Crippen LogP contribution in [0, 0.1) is 6.92 Å². The maximum absolute atomic E-state index is 3.47. The predicted molar refractivity (Wildman–Crippen MR) is 70.7 cm³/mol. The summed E-state index contributed by atoms with van der Waals surface area (Å²) in [5.74, 6) is 0. The molecule has 0 heterocycles. The predicted octanol–water partition coefficient (Wildman–Crippen LogP) is 2.47. The minimum atomic E-state index is 0.982. The largest absolute Gasteiger partial charge is 0.317 e. The first-order chi connectivity index (χ1) is 7.83. The van der Waals surface area contributed by atoms with E-state index in [1.807, 2.05) is 0 Å². The van der Waals surface area contributed by atoms with Crippen LogP contribution in [-0.2, 0) is 6.54 Å². The summed E-state index contributed by atoms with van der Waals surface area (Å²) in [6, 6.07) is 8.67. The van der Waals surface area contributed by atoms with Gasteiger partial charge >= 0.3 is 0 Å². The van der Waals surface area contributed by atoms with E-state index in [4.69, 9.17) is 0 Å². The summed E-state index contributed by atoms with van der Waals surface area (Å²) >= 11 is 0. The van der Waals surface area contributed by atoms with Gasteiger partial charge in [-0.15, -0.1) is 0 Å². The van der Waals surface area contributed by atoms with Gasteiger partial charge in [-0.3, -0.25) is 0 Å². The molecule has 0 aliphatic rings. The summed E-state index contributed by atoms with van der Waals surface area (Å²) in [6.45, 7) is 8.66. The summed E-state index contributed by atoms with van der Waals surface area (Å²) in [4.78, 5) is 0. The van der Waals surface area contributed by atoms with Crippen LogP contribution < -0.4 is 10.6 Å². The Labute approximate surface area is 99.5 Å². The Hall–Kier alpha value is -0.860. The number of aryl methyl sites for hydroxylation is 1. The monoisotopic (exact) mass is 220 g/mol. The average molecular weight is 220 g/mol. The maximum atomic E-state index is 3.47. The van der Waals surface area contributed by atoms with Crippen LogP contribution in [0.25, 0.3) is 0 Å². The molecule has 90 valence electrons. The molecular weight excluding hydrogens is 196 g/mol. The molecule has 0 aliphatic heterocycles. The van der Waals surface area contributed by atoms with E-state index in [0.29, 0.717) is 0 Å². The molecular formula is C14H24N2. The fraction of sp³-hybridized carbons (Fsp3) is 0.571. The third-order valence-corrected chi connectivity index (χ3v) is 2.55. The van der Waals surface area contributed by atoms with Crippen LogP contribution in [0.5, 0.6) is 0 Å². The van der Waals surface area contributed by atoms with Gasteiger partial charge in [0.1, 0.15) is 0 Å². The molecule has 2 heteroatoms. The summed E-state index contributed by atoms with van der Waals surface area (Å²) < 4.78 is 0. The van der Waals surface area contributed by atoms with Crippen molar-refractivity contribution in [2.45, 2.75) is 33.2 Å². The van der Waals surface area contributed by atoms with E-state index in [0.717, 1.165) is 26.2 Å². The van der Waals surface area contributed by atoms with Gasteiger partial charge in [0.25, 0.3) is 0 Å². The van der Waals surface area contributed by atoms with Gasteiger partial charge in [0.05, 0.1) is 0 Å². The fourth-order valence-corrected chi connectivity index (χ4v) is 1.69. The van der Waals surface area contributed by atoms with Crippen LogP contribution in [0.2, 0.25) is 0 Å². The molecule has 1 aromatic rings. The van der Waals surface area contributed by atoms with Crippen LogP contribution in [0.3, 0.4) is 0 Å². The Morgan fingerprint density at radius 2 is 1.88 bits per heavy atom. The van der Waals surface area contributed by atoms with Gasteiger partial charge in [-0.05, 0) is 45.0 Å². The number of nitrogens with one attached hydrogen (secondary N) is 2. The second-order valence-electron chi connectivity index (χ2n) is 4.27. The second kappa shape index (κ2) is 8.31. The van der Waals surface area contributed by atoms with Crippen LogP contribution in [0.1, 0.15) is 30.9 Å². The molecule has 0 aromatic heterocycles. The molecule has 0 spiro atoms. The zero-order valence-corrected chi connectivity index (χ0v) is 10.6. The van der Waals surface area contributed by atoms with Crippen LogP contribution in [0.4, 0.5) is 0 Å². The average Bonchev–Trinajstić information content (AvgIpc) is 2.28. The first-order valence-corrected chi connectivity index (χ1v) is 6.30. The standard InChI is InChI=1S/C14H24N2/c1-3-8-15-9-5-10-16-12-14-7-4-6-13(2)11-14/h4,6-7,11,15-16H,3,5,8-10,12H2,1-2H3. The van der Waals surface area contributed by atoms with E-state index in [-0.39, 0.29) is 0 Å². The van der Waals surface area contributed by atoms with Gasteiger partial charge in [0.2, 0.25) is 0 Å². The SMILES string of the molecule is CCCNCCCNCc1cccc(C)c1. The normalized spacial score (nSPS) is 10.6. The van der Waals surface area contributed by atoms with Gasteiger partial charge < -0.3 is 10.6 Å². The molecule has 2 nitrogen and oxygen atoms in total. The molecule has 2 N–H and O–H groups in total. The number of benzene rings is 1. The summed E-state index contributed by atoms with van der Waals surface area (Å²) in [6.07, 6.45) is 2.42. The number of hydrogen-bond acceptors (Lipinski definition) is 2. The van der Waals surface area contributed by atoms with Crippen molar-refractivity contribution in [1.29, 1.82) is 0 Å². The summed E-state index contributed by atoms with van der Waals surface area (Å²) in [5.41, 5.74) is 2.71. The van der Waals surface area contributed by atoms with Crippen molar-refractivity contribution in [2.75, 3.05) is 19.6 Å². The smallest absolute Gasteiger partial charge is 0.0205 e. The fourth-order valence-electron chi connectivity index (χ4n) is 1.69. The van der Waals surface area contributed by atoms with Crippen molar-refractivity contribution < 1.29 is 0 Å². The third kappa shape index (κ3) is 5.89. The van der Waals surface area contributed by atoms with Gasteiger partial charge in [0, 0.05) is 6.54 Å². The summed E-state index contributed by atoms with van der Waals surface area (Å²) in [7, 11) is 0. The Bertz CT molecular complexity index is 284. The number of rotatable bonds is 8. The zero-order chi connectivity index (χ0) is 11.6. The van der Waals surface area contributed by atoms with Gasteiger partial charge in [-0.2, -0.15) is 0 Å². The Morgan fingerprint density at radius 3 is 2.62 bits per heavy atom. The Morgan fingerprint density at radius 1 is 1.06 bits per heavy atom. The maximum Gasteiger partial charge on any atom is 0.0205 e. The topological polar surface area (TPSA) is 24.1 Å². The quantitative estimate of drug-likeness (QED) is 0.658. The van der Waals surface area contributed by atoms with E-state index in [9.17, 15) is 0 Å². The molecule has 0 aliphatic carbocycles. The lowest BCUT2D eigenvalue weighted by molar-refractivity contribution is 0.592. The molecule has 0 saturated heterocycles. The lowest BCUT2D eigenvalue weighted by atomic mass is 10.1. The number of hydrogen-bond donors (Lipinski definition) is 2. The molecule has 1 rings (SSSR count). The highest BCUT2D eigenvalue weighted by Crippen LogP contribution is 2.02. The van der Waals surface area contributed by atoms with Crippen molar-refractivity contribution in [3.63, 3.8) is 0 Å². The first kappa shape index (κ1) is 13.2. The third-order valence-electron chi connectivity index (χ3n) is 2.55. The molecule has 1 aromatic carbocycles. The van der Waals surface area contributed by atoms with Crippen molar-refractivity contribution in [3.05, 3.63) is 35.4 Å². The van der Waals surface area contributed by atoms with Crippen LogP contribution >= 0.6 is 0 Å². The van der Waals surface area contributed by atoms with Gasteiger partial charge in [-0.1, -0.05) is 36.8 Å². The van der Waals surface area contributed by atoms with E-state index < -0.39 is 0 Å². The minimum absolute atomic E-state index is 0.982. The van der Waals surface area contributed by atoms with E-state index in [2.05, 4.69) is 48.7 Å². The Kier molecular flexibility index (Phi) is 6.86. The molecule has 16 heavy (non-hydrogen) atoms. The molecule has 0 atom stereocenters. The first-order valence-electron chi connectivity index (χ1n) is 6.30. The molecule has 0 fully saturated rings. The Balaban J connectivity index is 2.03. The molecule has 0 amide bonds. The lowest BCUT2D eigenvalue weighted by Crippen LogP contribution is -2.22. The van der Waals surface area contributed by atoms with Crippen molar-refractivity contribution in [1.82, 2.24) is 10.6 Å². The van der Waals surface area contributed by atoms with Crippen LogP contribution in [0.15, 0.2) is 24.3 Å². The highest BCUT2D eigenvalue weighted by molar-refractivity contribution is 5.21. The van der Waals surface area contributed by atoms with E-state index >= 15 is 0 Å². The van der Waals surface area contributed by atoms with E-state index in [1.165, 1.54) is 24.0 Å². The molecule has 0 radical (unpaired) electrons. The zero-order valence-electron chi connectivity index (χ0n) is 10.6. The van der Waals surface area contributed by atoms with Gasteiger partial charge in [0.15, 0.2) is 0 Å². The lowest BCUT2D eigenvalue weighted by Gasteiger charge is -2.06. The molecule has 0 unspecified atom stereocenters. The van der Waals surface area contributed by atoms with Crippen molar-refractivity contribution in [2.24, 2.45) is 0 Å². The highest BCUT2D eigenvalue weighted by atomic mass is 14.9. The molecule has 0 saturated carbocycles. The van der Waals surface area contributed by atoms with Crippen LogP contribution in [-0.4, -0.2) is 19.6 Å². The highest BCUT2D eigenvalue weighted by Gasteiger charge is 1.92. The van der Waals surface area contributed by atoms with Gasteiger partial charge in [-0.25, -0.2) is 0 Å². The van der Waals surface area contributed by atoms with Crippen molar-refractivity contribution in [3.8, 4) is 0 Å². The molecule has 0 bridgehead atoms. The second-order valence-corrected chi connectivity index (χ2v) is 4.27. The van der Waals surface area contributed by atoms with E-state index in [1.54, 1.807) is 0 Å².